The number of anilines is 1. The summed E-state index contributed by atoms with van der Waals surface area (Å²) >= 11 is 6.18. The molecule has 0 saturated heterocycles. The smallest absolute Gasteiger partial charge is 0.319 e. The van der Waals surface area contributed by atoms with Crippen molar-refractivity contribution in [2.24, 2.45) is 0 Å². The number of fused-ring (bicyclic) bond motifs is 1. The number of carbonyl (C=O) groups excluding carboxylic acids is 1. The van der Waals surface area contributed by atoms with Crippen molar-refractivity contribution in [1.29, 1.82) is 0 Å². The highest BCUT2D eigenvalue weighted by Crippen LogP contribution is 2.25. The number of urea groups is 1. The maximum atomic E-state index is 12.6. The van der Waals surface area contributed by atoms with Crippen molar-refractivity contribution in [1.82, 2.24) is 20.1 Å². The van der Waals surface area contributed by atoms with E-state index in [4.69, 9.17) is 16.7 Å². The molecule has 7 heteroatoms. The number of halogens is 1. The van der Waals surface area contributed by atoms with Gasteiger partial charge in [-0.2, -0.15) is 5.10 Å². The second kappa shape index (κ2) is 8.40. The fourth-order valence-electron chi connectivity index (χ4n) is 3.30. The SMILES string of the molecule is CC(C)(C)c1cc(CNC(=O)Nc2cncc3ccccc23)n(-c2cccc(Cl)c2)n1. The normalized spacial score (nSPS) is 11.5. The molecule has 2 amide bonds. The summed E-state index contributed by atoms with van der Waals surface area (Å²) in [6, 6.07) is 17.0. The van der Waals surface area contributed by atoms with E-state index < -0.39 is 0 Å². The maximum Gasteiger partial charge on any atom is 0.319 e. The van der Waals surface area contributed by atoms with Gasteiger partial charge in [-0.25, -0.2) is 9.48 Å². The summed E-state index contributed by atoms with van der Waals surface area (Å²) in [5.41, 5.74) is 3.17. The number of aromatic nitrogens is 3. The first-order chi connectivity index (χ1) is 14.8. The highest BCUT2D eigenvalue weighted by Gasteiger charge is 2.21. The molecule has 4 rings (SSSR count). The Morgan fingerprint density at radius 3 is 2.65 bits per heavy atom. The minimum atomic E-state index is -0.311. The zero-order valence-electron chi connectivity index (χ0n) is 17.7. The van der Waals surface area contributed by atoms with E-state index >= 15 is 0 Å². The van der Waals surface area contributed by atoms with Crippen molar-refractivity contribution in [3.63, 3.8) is 0 Å². The van der Waals surface area contributed by atoms with E-state index in [0.717, 1.165) is 27.8 Å². The third-order valence-corrected chi connectivity index (χ3v) is 5.19. The zero-order valence-corrected chi connectivity index (χ0v) is 18.4. The Hall–Kier alpha value is -3.38. The van der Waals surface area contributed by atoms with Crippen LogP contribution in [0.15, 0.2) is 67.0 Å². The Labute approximate surface area is 186 Å². The second-order valence-electron chi connectivity index (χ2n) is 8.38. The summed E-state index contributed by atoms with van der Waals surface area (Å²) in [5.74, 6) is 0. The number of hydrogen-bond acceptors (Lipinski definition) is 3. The molecule has 0 bridgehead atoms. The van der Waals surface area contributed by atoms with Gasteiger partial charge in [0.1, 0.15) is 0 Å². The Kier molecular flexibility index (Phi) is 5.65. The predicted molar refractivity (Wildman–Crippen MR) is 125 cm³/mol. The summed E-state index contributed by atoms with van der Waals surface area (Å²) < 4.78 is 1.83. The number of nitrogens with one attached hydrogen (secondary N) is 2. The predicted octanol–water partition coefficient (Wildman–Crippen LogP) is 5.69. The zero-order chi connectivity index (χ0) is 22.0. The van der Waals surface area contributed by atoms with E-state index in [1.165, 1.54) is 0 Å². The van der Waals surface area contributed by atoms with Crippen molar-refractivity contribution in [3.05, 3.63) is 83.4 Å². The van der Waals surface area contributed by atoms with Crippen molar-refractivity contribution < 1.29 is 4.79 Å². The van der Waals surface area contributed by atoms with E-state index in [1.54, 1.807) is 12.4 Å². The van der Waals surface area contributed by atoms with Gasteiger partial charge >= 0.3 is 6.03 Å². The van der Waals surface area contributed by atoms with Crippen LogP contribution in [0.25, 0.3) is 16.5 Å². The molecule has 6 nitrogen and oxygen atoms in total. The average molecular weight is 434 g/mol. The minimum absolute atomic E-state index is 0.130. The second-order valence-corrected chi connectivity index (χ2v) is 8.81. The van der Waals surface area contributed by atoms with Gasteiger partial charge in [0.05, 0.1) is 35.5 Å². The number of rotatable bonds is 4. The van der Waals surface area contributed by atoms with Gasteiger partial charge in [0.25, 0.3) is 0 Å². The lowest BCUT2D eigenvalue weighted by Crippen LogP contribution is -2.29. The summed E-state index contributed by atoms with van der Waals surface area (Å²) in [6.07, 6.45) is 3.42. The Bertz CT molecular complexity index is 1240. The lowest BCUT2D eigenvalue weighted by atomic mass is 9.92. The molecule has 0 fully saturated rings. The molecule has 2 heterocycles. The Morgan fingerprint density at radius 1 is 1.06 bits per heavy atom. The molecule has 0 aliphatic carbocycles. The topological polar surface area (TPSA) is 71.8 Å². The lowest BCUT2D eigenvalue weighted by Gasteiger charge is -2.14. The molecule has 0 saturated carbocycles. The van der Waals surface area contributed by atoms with Crippen LogP contribution in [0.5, 0.6) is 0 Å². The number of benzene rings is 2. The first-order valence-electron chi connectivity index (χ1n) is 10.0. The standard InChI is InChI=1S/C24H24ClN5O/c1-24(2,3)22-12-19(30(29-22)18-9-6-8-17(25)11-18)14-27-23(31)28-21-15-26-13-16-7-4-5-10-20(16)21/h4-13,15H,14H2,1-3H3,(H2,27,28,31). The summed E-state index contributed by atoms with van der Waals surface area (Å²) in [4.78, 5) is 16.8. The van der Waals surface area contributed by atoms with E-state index in [9.17, 15) is 4.79 Å². The highest BCUT2D eigenvalue weighted by atomic mass is 35.5. The van der Waals surface area contributed by atoms with Crippen LogP contribution < -0.4 is 10.6 Å². The van der Waals surface area contributed by atoms with Crippen LogP contribution in [0.4, 0.5) is 10.5 Å². The first kappa shape index (κ1) is 20.9. The van der Waals surface area contributed by atoms with E-state index in [2.05, 4.69) is 36.4 Å². The van der Waals surface area contributed by atoms with Gasteiger partial charge < -0.3 is 10.6 Å². The summed E-state index contributed by atoms with van der Waals surface area (Å²) in [7, 11) is 0. The Morgan fingerprint density at radius 2 is 1.87 bits per heavy atom. The average Bonchev–Trinajstić information content (AvgIpc) is 3.17. The van der Waals surface area contributed by atoms with Crippen molar-refractivity contribution in [2.75, 3.05) is 5.32 Å². The quantitative estimate of drug-likeness (QED) is 0.434. The molecule has 158 valence electrons. The van der Waals surface area contributed by atoms with Crippen molar-refractivity contribution in [3.8, 4) is 5.69 Å². The number of carbonyl (C=O) groups is 1. The monoisotopic (exact) mass is 433 g/mol. The molecule has 0 aliphatic rings. The van der Waals surface area contributed by atoms with Crippen LogP contribution in [0.3, 0.4) is 0 Å². The van der Waals surface area contributed by atoms with Crippen LogP contribution in [0.1, 0.15) is 32.2 Å². The lowest BCUT2D eigenvalue weighted by molar-refractivity contribution is 0.251. The number of amides is 2. The number of hydrogen-bond donors (Lipinski definition) is 2. The van der Waals surface area contributed by atoms with Gasteiger partial charge in [-0.15, -0.1) is 0 Å². The molecular formula is C24H24ClN5O. The third-order valence-electron chi connectivity index (χ3n) is 4.95. The molecule has 0 spiro atoms. The summed E-state index contributed by atoms with van der Waals surface area (Å²) in [6.45, 7) is 6.62. The van der Waals surface area contributed by atoms with E-state index in [1.807, 2.05) is 59.3 Å². The van der Waals surface area contributed by atoms with Gasteiger partial charge in [0.2, 0.25) is 0 Å². The van der Waals surface area contributed by atoms with Crippen molar-refractivity contribution >= 4 is 34.1 Å². The van der Waals surface area contributed by atoms with Crippen LogP contribution in [-0.4, -0.2) is 20.8 Å². The van der Waals surface area contributed by atoms with E-state index in [-0.39, 0.29) is 11.4 Å². The van der Waals surface area contributed by atoms with Crippen LogP contribution in [0, 0.1) is 0 Å². The van der Waals surface area contributed by atoms with E-state index in [0.29, 0.717) is 17.3 Å². The molecule has 31 heavy (non-hydrogen) atoms. The molecule has 0 atom stereocenters. The van der Waals surface area contributed by atoms with Gasteiger partial charge in [-0.1, -0.05) is 62.7 Å². The molecule has 0 aliphatic heterocycles. The maximum absolute atomic E-state index is 12.6. The molecule has 0 unspecified atom stereocenters. The fourth-order valence-corrected chi connectivity index (χ4v) is 3.48. The summed E-state index contributed by atoms with van der Waals surface area (Å²) in [5, 5.41) is 13.1. The largest absolute Gasteiger partial charge is 0.332 e. The van der Waals surface area contributed by atoms with Gasteiger partial charge in [-0.05, 0) is 24.3 Å². The molecule has 2 aromatic carbocycles. The molecular weight excluding hydrogens is 410 g/mol. The molecule has 4 aromatic rings. The van der Waals surface area contributed by atoms with Gasteiger partial charge in [0.15, 0.2) is 0 Å². The molecule has 2 aromatic heterocycles. The van der Waals surface area contributed by atoms with Gasteiger partial charge in [-0.3, -0.25) is 4.98 Å². The highest BCUT2D eigenvalue weighted by molar-refractivity contribution is 6.30. The minimum Gasteiger partial charge on any atom is -0.332 e. The molecule has 2 N–H and O–H groups in total. The molecule has 0 radical (unpaired) electrons. The first-order valence-corrected chi connectivity index (χ1v) is 10.4. The van der Waals surface area contributed by atoms with Crippen LogP contribution >= 0.6 is 11.6 Å². The number of pyridine rings is 1. The van der Waals surface area contributed by atoms with Crippen LogP contribution in [0.2, 0.25) is 5.02 Å². The Balaban J connectivity index is 1.56. The van der Waals surface area contributed by atoms with Crippen LogP contribution in [-0.2, 0) is 12.0 Å². The number of nitrogens with zero attached hydrogens (tertiary/aromatic N) is 3. The van der Waals surface area contributed by atoms with Gasteiger partial charge in [0, 0.05) is 27.4 Å². The fraction of sp³-hybridized carbons (Fsp3) is 0.208. The third kappa shape index (κ3) is 4.70. The van der Waals surface area contributed by atoms with Crippen molar-refractivity contribution in [2.45, 2.75) is 32.7 Å².